The summed E-state index contributed by atoms with van der Waals surface area (Å²) in [6.07, 6.45) is 1.18. The summed E-state index contributed by atoms with van der Waals surface area (Å²) in [5, 5.41) is 8.52. The van der Waals surface area contributed by atoms with E-state index < -0.39 is 9.84 Å². The molecule has 10 heteroatoms. The van der Waals surface area contributed by atoms with Gasteiger partial charge in [-0.05, 0) is 24.3 Å². The van der Waals surface area contributed by atoms with E-state index in [0.717, 1.165) is 0 Å². The third kappa shape index (κ3) is 4.94. The van der Waals surface area contributed by atoms with Crippen molar-refractivity contribution in [3.05, 3.63) is 35.9 Å². The zero-order chi connectivity index (χ0) is 15.5. The first-order valence-electron chi connectivity index (χ1n) is 6.11. The van der Waals surface area contributed by atoms with Gasteiger partial charge in [0.1, 0.15) is 15.7 Å². The standard InChI is InChI=1S/C12H15FN4O2S2.ClH/c1-21(18,19)7-6-20-12-16-15-11(8-14)17(12)10-4-2-9(13)3-5-10;/h2-5H,6-8,14H2,1H3;1H. The summed E-state index contributed by atoms with van der Waals surface area (Å²) in [4.78, 5) is 0. The van der Waals surface area contributed by atoms with Gasteiger partial charge in [-0.2, -0.15) is 0 Å². The molecule has 0 unspecified atom stereocenters. The molecule has 6 nitrogen and oxygen atoms in total. The third-order valence-electron chi connectivity index (χ3n) is 2.65. The Labute approximate surface area is 138 Å². The topological polar surface area (TPSA) is 90.9 Å². The van der Waals surface area contributed by atoms with E-state index in [2.05, 4.69) is 10.2 Å². The van der Waals surface area contributed by atoms with E-state index in [-0.39, 0.29) is 30.5 Å². The number of aromatic nitrogens is 3. The SMILES string of the molecule is CS(=O)(=O)CCSc1nnc(CN)n1-c1ccc(F)cc1.Cl. The third-order valence-corrected chi connectivity index (χ3v) is 4.79. The first kappa shape index (κ1) is 18.9. The first-order valence-corrected chi connectivity index (χ1v) is 9.16. The van der Waals surface area contributed by atoms with Crippen LogP contribution in [0.4, 0.5) is 4.39 Å². The molecule has 0 aliphatic carbocycles. The summed E-state index contributed by atoms with van der Waals surface area (Å²) < 4.78 is 37.0. The molecule has 0 amide bonds. The number of thioether (sulfide) groups is 1. The summed E-state index contributed by atoms with van der Waals surface area (Å²) in [6, 6.07) is 5.86. The number of hydrogen-bond donors (Lipinski definition) is 1. The molecule has 0 aliphatic heterocycles. The lowest BCUT2D eigenvalue weighted by Crippen LogP contribution is -2.09. The van der Waals surface area contributed by atoms with Crippen molar-refractivity contribution in [1.29, 1.82) is 0 Å². The highest BCUT2D eigenvalue weighted by molar-refractivity contribution is 8.00. The fraction of sp³-hybridized carbons (Fsp3) is 0.333. The Bertz CT molecular complexity index is 719. The molecule has 1 aromatic carbocycles. The lowest BCUT2D eigenvalue weighted by atomic mass is 10.3. The molecule has 2 rings (SSSR count). The molecule has 0 atom stereocenters. The fourth-order valence-electron chi connectivity index (χ4n) is 1.66. The number of sulfone groups is 1. The monoisotopic (exact) mass is 366 g/mol. The van der Waals surface area contributed by atoms with Crippen molar-refractivity contribution < 1.29 is 12.8 Å². The highest BCUT2D eigenvalue weighted by atomic mass is 35.5. The molecule has 0 aliphatic rings. The van der Waals surface area contributed by atoms with Crippen molar-refractivity contribution in [1.82, 2.24) is 14.8 Å². The van der Waals surface area contributed by atoms with Crippen LogP contribution in [-0.4, -0.2) is 40.9 Å². The molecule has 1 heterocycles. The molecular weight excluding hydrogens is 351 g/mol. The Kier molecular flexibility index (Phi) is 6.79. The molecule has 1 aromatic heterocycles. The van der Waals surface area contributed by atoms with E-state index in [1.807, 2.05) is 0 Å². The maximum atomic E-state index is 13.0. The van der Waals surface area contributed by atoms with Gasteiger partial charge < -0.3 is 5.73 Å². The number of benzene rings is 1. The maximum absolute atomic E-state index is 13.0. The summed E-state index contributed by atoms with van der Waals surface area (Å²) in [5.41, 5.74) is 6.31. The van der Waals surface area contributed by atoms with Gasteiger partial charge in [-0.1, -0.05) is 11.8 Å². The number of rotatable bonds is 6. The molecule has 0 fully saturated rings. The Morgan fingerprint density at radius 1 is 1.27 bits per heavy atom. The second kappa shape index (κ2) is 7.91. The minimum absolute atomic E-state index is 0. The van der Waals surface area contributed by atoms with E-state index in [1.54, 1.807) is 16.7 Å². The molecule has 2 aromatic rings. The Morgan fingerprint density at radius 2 is 1.91 bits per heavy atom. The van der Waals surface area contributed by atoms with Crippen LogP contribution in [0.1, 0.15) is 5.82 Å². The zero-order valence-electron chi connectivity index (χ0n) is 11.8. The van der Waals surface area contributed by atoms with E-state index in [0.29, 0.717) is 22.4 Å². The highest BCUT2D eigenvalue weighted by Gasteiger charge is 2.14. The van der Waals surface area contributed by atoms with E-state index in [9.17, 15) is 12.8 Å². The number of halogens is 2. The summed E-state index contributed by atoms with van der Waals surface area (Å²) in [5.74, 6) is 0.602. The molecule has 2 N–H and O–H groups in total. The van der Waals surface area contributed by atoms with Crippen molar-refractivity contribution in [3.63, 3.8) is 0 Å². The smallest absolute Gasteiger partial charge is 0.195 e. The van der Waals surface area contributed by atoms with Gasteiger partial charge in [0, 0.05) is 17.7 Å². The normalized spacial score (nSPS) is 11.2. The summed E-state index contributed by atoms with van der Waals surface area (Å²) in [6.45, 7) is 0.178. The van der Waals surface area contributed by atoms with Crippen LogP contribution in [0.25, 0.3) is 5.69 Å². The average molecular weight is 367 g/mol. The summed E-state index contributed by atoms with van der Waals surface area (Å²) in [7, 11) is -3.03. The van der Waals surface area contributed by atoms with Crippen molar-refractivity contribution in [2.24, 2.45) is 5.73 Å². The molecule has 122 valence electrons. The predicted molar refractivity (Wildman–Crippen MR) is 86.9 cm³/mol. The van der Waals surface area contributed by atoms with Crippen molar-refractivity contribution in [3.8, 4) is 5.69 Å². The van der Waals surface area contributed by atoms with Crippen LogP contribution in [-0.2, 0) is 16.4 Å². The van der Waals surface area contributed by atoms with Gasteiger partial charge in [0.25, 0.3) is 0 Å². The predicted octanol–water partition coefficient (Wildman–Crippen LogP) is 1.42. The molecule has 0 spiro atoms. The van der Waals surface area contributed by atoms with Gasteiger partial charge in [0.05, 0.1) is 12.3 Å². The minimum Gasteiger partial charge on any atom is -0.324 e. The van der Waals surface area contributed by atoms with Crippen LogP contribution < -0.4 is 5.73 Å². The van der Waals surface area contributed by atoms with Crippen LogP contribution in [0, 0.1) is 5.82 Å². The second-order valence-corrected chi connectivity index (χ2v) is 7.71. The van der Waals surface area contributed by atoms with Crippen molar-refractivity contribution >= 4 is 34.0 Å². The molecule has 0 saturated carbocycles. The lowest BCUT2D eigenvalue weighted by Gasteiger charge is -2.09. The molecular formula is C12H16ClFN4O2S2. The van der Waals surface area contributed by atoms with Gasteiger partial charge in [0.15, 0.2) is 11.0 Å². The highest BCUT2D eigenvalue weighted by Crippen LogP contribution is 2.22. The van der Waals surface area contributed by atoms with Crippen LogP contribution in [0.3, 0.4) is 0 Å². The second-order valence-electron chi connectivity index (χ2n) is 4.39. The number of hydrogen-bond acceptors (Lipinski definition) is 6. The van der Waals surface area contributed by atoms with Crippen molar-refractivity contribution in [2.45, 2.75) is 11.7 Å². The lowest BCUT2D eigenvalue weighted by molar-refractivity contribution is 0.603. The largest absolute Gasteiger partial charge is 0.324 e. The van der Waals surface area contributed by atoms with Gasteiger partial charge in [-0.3, -0.25) is 4.57 Å². The number of nitrogens with two attached hydrogens (primary N) is 1. The van der Waals surface area contributed by atoms with Gasteiger partial charge in [0.2, 0.25) is 0 Å². The van der Waals surface area contributed by atoms with E-state index in [1.165, 1.54) is 30.2 Å². The van der Waals surface area contributed by atoms with Crippen LogP contribution >= 0.6 is 24.2 Å². The molecule has 0 radical (unpaired) electrons. The Balaban J connectivity index is 0.00000242. The van der Waals surface area contributed by atoms with Gasteiger partial charge >= 0.3 is 0 Å². The minimum atomic E-state index is -3.03. The maximum Gasteiger partial charge on any atom is 0.195 e. The quantitative estimate of drug-likeness (QED) is 0.777. The Hall–Kier alpha value is -1.16. The van der Waals surface area contributed by atoms with Crippen LogP contribution in [0.15, 0.2) is 29.4 Å². The fourth-order valence-corrected chi connectivity index (χ4v) is 3.83. The molecule has 0 saturated heterocycles. The average Bonchev–Trinajstić information content (AvgIpc) is 2.81. The molecule has 22 heavy (non-hydrogen) atoms. The van der Waals surface area contributed by atoms with Crippen molar-refractivity contribution in [2.75, 3.05) is 17.8 Å². The van der Waals surface area contributed by atoms with Crippen LogP contribution in [0.2, 0.25) is 0 Å². The first-order chi connectivity index (χ1) is 9.90. The number of nitrogens with zero attached hydrogens (tertiary/aromatic N) is 3. The van der Waals surface area contributed by atoms with Crippen LogP contribution in [0.5, 0.6) is 0 Å². The Morgan fingerprint density at radius 3 is 2.45 bits per heavy atom. The zero-order valence-corrected chi connectivity index (χ0v) is 14.2. The van der Waals surface area contributed by atoms with Gasteiger partial charge in [-0.25, -0.2) is 12.8 Å². The molecule has 0 bridgehead atoms. The van der Waals surface area contributed by atoms with E-state index >= 15 is 0 Å². The van der Waals surface area contributed by atoms with E-state index in [4.69, 9.17) is 5.73 Å². The van der Waals surface area contributed by atoms with Gasteiger partial charge in [-0.15, -0.1) is 22.6 Å². The summed E-state index contributed by atoms with van der Waals surface area (Å²) >= 11 is 1.27.